The van der Waals surface area contributed by atoms with Crippen LogP contribution in [0.3, 0.4) is 0 Å². The topological polar surface area (TPSA) is 61.5 Å². The van der Waals surface area contributed by atoms with Crippen LogP contribution in [-0.2, 0) is 16.1 Å². The van der Waals surface area contributed by atoms with E-state index in [0.29, 0.717) is 27.0 Å². The van der Waals surface area contributed by atoms with E-state index in [1.54, 1.807) is 42.5 Å². The number of nitrogens with two attached hydrogens (primary N) is 1. The summed E-state index contributed by atoms with van der Waals surface area (Å²) in [7, 11) is 0. The number of carbonyl (C=O) groups is 1. The zero-order chi connectivity index (χ0) is 15.2. The van der Waals surface area contributed by atoms with Gasteiger partial charge in [-0.1, -0.05) is 41.4 Å². The van der Waals surface area contributed by atoms with Crippen LogP contribution in [-0.4, -0.2) is 12.6 Å². The van der Waals surface area contributed by atoms with Crippen LogP contribution in [0.15, 0.2) is 42.5 Å². The number of halogens is 2. The molecule has 0 saturated heterocycles. The van der Waals surface area contributed by atoms with E-state index in [1.807, 2.05) is 0 Å². The molecule has 6 heteroatoms. The van der Waals surface area contributed by atoms with Gasteiger partial charge in [0.2, 0.25) is 0 Å². The van der Waals surface area contributed by atoms with Crippen LogP contribution in [0.2, 0.25) is 10.0 Å². The van der Waals surface area contributed by atoms with E-state index in [-0.39, 0.29) is 13.2 Å². The molecule has 0 unspecified atom stereocenters. The SMILES string of the molecule is Nc1cccc(OCC(=O)OCc2cccc(Cl)c2Cl)c1. The number of nitrogen functional groups attached to an aromatic ring is 1. The van der Waals surface area contributed by atoms with Crippen LogP contribution in [0.1, 0.15) is 5.56 Å². The Morgan fingerprint density at radius 2 is 1.90 bits per heavy atom. The fourth-order valence-corrected chi connectivity index (χ4v) is 1.98. The van der Waals surface area contributed by atoms with Crippen molar-refractivity contribution in [1.29, 1.82) is 0 Å². The Morgan fingerprint density at radius 1 is 1.14 bits per heavy atom. The van der Waals surface area contributed by atoms with Crippen LogP contribution >= 0.6 is 23.2 Å². The van der Waals surface area contributed by atoms with Crippen molar-refractivity contribution in [3.63, 3.8) is 0 Å². The Kier molecular flexibility index (Phi) is 5.31. The summed E-state index contributed by atoms with van der Waals surface area (Å²) in [6.45, 7) is -0.167. The van der Waals surface area contributed by atoms with E-state index in [1.165, 1.54) is 0 Å². The number of rotatable bonds is 5. The van der Waals surface area contributed by atoms with Crippen molar-refractivity contribution in [2.24, 2.45) is 0 Å². The Balaban J connectivity index is 1.84. The van der Waals surface area contributed by atoms with Gasteiger partial charge in [-0.2, -0.15) is 0 Å². The molecule has 4 nitrogen and oxygen atoms in total. The van der Waals surface area contributed by atoms with E-state index in [0.717, 1.165) is 0 Å². The first-order chi connectivity index (χ1) is 10.1. The van der Waals surface area contributed by atoms with E-state index in [2.05, 4.69) is 0 Å². The van der Waals surface area contributed by atoms with Crippen molar-refractivity contribution < 1.29 is 14.3 Å². The zero-order valence-corrected chi connectivity index (χ0v) is 12.5. The van der Waals surface area contributed by atoms with E-state index >= 15 is 0 Å². The molecule has 0 aliphatic rings. The summed E-state index contributed by atoms with van der Waals surface area (Å²) in [5.74, 6) is 0.00112. The van der Waals surface area contributed by atoms with Crippen LogP contribution in [0.25, 0.3) is 0 Å². The summed E-state index contributed by atoms with van der Waals surface area (Å²) >= 11 is 11.9. The molecule has 0 aliphatic heterocycles. The second-order valence-electron chi connectivity index (χ2n) is 4.23. The van der Waals surface area contributed by atoms with Crippen LogP contribution < -0.4 is 10.5 Å². The predicted octanol–water partition coefficient (Wildman–Crippen LogP) is 3.70. The lowest BCUT2D eigenvalue weighted by atomic mass is 10.2. The molecule has 0 aliphatic carbocycles. The van der Waals surface area contributed by atoms with Gasteiger partial charge in [0.25, 0.3) is 0 Å². The summed E-state index contributed by atoms with van der Waals surface area (Å²) in [6, 6.07) is 11.9. The van der Waals surface area contributed by atoms with Crippen LogP contribution in [0.4, 0.5) is 5.69 Å². The highest BCUT2D eigenvalue weighted by molar-refractivity contribution is 6.42. The zero-order valence-electron chi connectivity index (χ0n) is 11.0. The second-order valence-corrected chi connectivity index (χ2v) is 5.02. The molecule has 110 valence electrons. The molecule has 21 heavy (non-hydrogen) atoms. The number of carbonyl (C=O) groups excluding carboxylic acids is 1. The fourth-order valence-electron chi connectivity index (χ4n) is 1.61. The molecule has 0 spiro atoms. The molecule has 0 amide bonds. The van der Waals surface area contributed by atoms with E-state index in [4.69, 9.17) is 38.4 Å². The molecule has 0 saturated carbocycles. The molecule has 2 rings (SSSR count). The molecule has 2 aromatic carbocycles. The van der Waals surface area contributed by atoms with Gasteiger partial charge in [0.05, 0.1) is 10.0 Å². The summed E-state index contributed by atoms with van der Waals surface area (Å²) in [5, 5.41) is 0.796. The number of benzene rings is 2. The standard InChI is InChI=1S/C15H13Cl2NO3/c16-13-6-1-3-10(15(13)17)8-21-14(19)9-20-12-5-2-4-11(18)7-12/h1-7H,8-9,18H2. The number of hydrogen-bond donors (Lipinski definition) is 1. The summed E-state index contributed by atoms with van der Waals surface area (Å²) in [4.78, 5) is 11.6. The van der Waals surface area contributed by atoms with E-state index < -0.39 is 5.97 Å². The first kappa shape index (κ1) is 15.5. The first-order valence-corrected chi connectivity index (χ1v) is 6.88. The van der Waals surface area contributed by atoms with Gasteiger partial charge in [0, 0.05) is 17.3 Å². The number of hydrogen-bond acceptors (Lipinski definition) is 4. The highest BCUT2D eigenvalue weighted by Crippen LogP contribution is 2.26. The highest BCUT2D eigenvalue weighted by atomic mass is 35.5. The van der Waals surface area contributed by atoms with E-state index in [9.17, 15) is 4.79 Å². The van der Waals surface area contributed by atoms with Gasteiger partial charge in [-0.25, -0.2) is 4.79 Å². The largest absolute Gasteiger partial charge is 0.482 e. The van der Waals surface area contributed by atoms with Gasteiger partial charge >= 0.3 is 5.97 Å². The lowest BCUT2D eigenvalue weighted by molar-refractivity contribution is -0.147. The van der Waals surface area contributed by atoms with Crippen molar-refractivity contribution in [3.05, 3.63) is 58.1 Å². The summed E-state index contributed by atoms with van der Waals surface area (Å²) in [6.07, 6.45) is 0. The van der Waals surface area contributed by atoms with Crippen LogP contribution in [0, 0.1) is 0 Å². The maximum atomic E-state index is 11.6. The molecule has 2 N–H and O–H groups in total. The quantitative estimate of drug-likeness (QED) is 0.672. The minimum absolute atomic E-state index is 0.0402. The van der Waals surface area contributed by atoms with Crippen molar-refractivity contribution in [1.82, 2.24) is 0 Å². The van der Waals surface area contributed by atoms with Crippen molar-refractivity contribution >= 4 is 34.9 Å². The number of ether oxygens (including phenoxy) is 2. The summed E-state index contributed by atoms with van der Waals surface area (Å²) in [5.41, 5.74) is 6.81. The number of anilines is 1. The fraction of sp³-hybridized carbons (Fsp3) is 0.133. The third kappa shape index (κ3) is 4.55. The van der Waals surface area contributed by atoms with Gasteiger partial charge in [0.1, 0.15) is 12.4 Å². The van der Waals surface area contributed by atoms with Gasteiger partial charge in [-0.05, 0) is 18.2 Å². The van der Waals surface area contributed by atoms with Crippen molar-refractivity contribution in [2.45, 2.75) is 6.61 Å². The Hall–Kier alpha value is -1.91. The minimum Gasteiger partial charge on any atom is -0.482 e. The van der Waals surface area contributed by atoms with Gasteiger partial charge < -0.3 is 15.2 Å². The smallest absolute Gasteiger partial charge is 0.344 e. The Morgan fingerprint density at radius 3 is 2.67 bits per heavy atom. The number of esters is 1. The van der Waals surface area contributed by atoms with Gasteiger partial charge in [-0.15, -0.1) is 0 Å². The third-order valence-corrected chi connectivity index (χ3v) is 3.49. The lowest BCUT2D eigenvalue weighted by Crippen LogP contribution is -2.15. The van der Waals surface area contributed by atoms with Crippen molar-refractivity contribution in [2.75, 3.05) is 12.3 Å². The molecule has 0 fully saturated rings. The second kappa shape index (κ2) is 7.20. The minimum atomic E-state index is -0.506. The van der Waals surface area contributed by atoms with Gasteiger partial charge in [-0.3, -0.25) is 0 Å². The molecule has 0 aromatic heterocycles. The highest BCUT2D eigenvalue weighted by Gasteiger charge is 2.09. The van der Waals surface area contributed by atoms with Crippen molar-refractivity contribution in [3.8, 4) is 5.75 Å². The monoisotopic (exact) mass is 325 g/mol. The van der Waals surface area contributed by atoms with Crippen LogP contribution in [0.5, 0.6) is 5.75 Å². The predicted molar refractivity (Wildman–Crippen MR) is 82.6 cm³/mol. The maximum Gasteiger partial charge on any atom is 0.344 e. The average molecular weight is 326 g/mol. The van der Waals surface area contributed by atoms with Gasteiger partial charge in [0.15, 0.2) is 6.61 Å². The first-order valence-electron chi connectivity index (χ1n) is 6.13. The molecule has 0 bridgehead atoms. The molecule has 0 atom stereocenters. The normalized spacial score (nSPS) is 10.2. The maximum absolute atomic E-state index is 11.6. The summed E-state index contributed by atoms with van der Waals surface area (Å²) < 4.78 is 10.4. The Labute approximate surface area is 132 Å². The molecule has 2 aromatic rings. The molecule has 0 heterocycles. The third-order valence-electron chi connectivity index (χ3n) is 2.64. The Bertz CT molecular complexity index is 647. The molecular weight excluding hydrogens is 313 g/mol. The lowest BCUT2D eigenvalue weighted by Gasteiger charge is -2.09. The molecule has 0 radical (unpaired) electrons. The molecular formula is C15H13Cl2NO3. The average Bonchev–Trinajstić information content (AvgIpc) is 2.47.